The van der Waals surface area contributed by atoms with Crippen LogP contribution < -0.4 is 0 Å². The molecule has 0 saturated heterocycles. The maximum Gasteiger partial charge on any atom is 0.311 e. The zero-order valence-corrected chi connectivity index (χ0v) is 12.5. The van der Waals surface area contributed by atoms with E-state index in [1.165, 1.54) is 0 Å². The molecule has 2 atom stereocenters. The number of hydrogen-bond donors (Lipinski definition) is 2. The highest BCUT2D eigenvalue weighted by Crippen LogP contribution is 2.28. The predicted octanol–water partition coefficient (Wildman–Crippen LogP) is 2.29. The third-order valence-corrected chi connectivity index (χ3v) is 3.80. The van der Waals surface area contributed by atoms with Gasteiger partial charge in [0.2, 0.25) is 0 Å². The van der Waals surface area contributed by atoms with Gasteiger partial charge in [0.05, 0.1) is 11.8 Å². The second-order valence-electron chi connectivity index (χ2n) is 4.99. The van der Waals surface area contributed by atoms with Crippen molar-refractivity contribution in [2.24, 2.45) is 5.92 Å². The summed E-state index contributed by atoms with van der Waals surface area (Å²) < 4.78 is 0. The predicted molar refractivity (Wildman–Crippen MR) is 80.3 cm³/mol. The SMILES string of the molecule is CCN(CC)CC[C@H](C(=O)O)[C@@H](C(=O)O)c1ccccc1. The van der Waals surface area contributed by atoms with Crippen LogP contribution in [-0.2, 0) is 9.59 Å². The molecule has 0 amide bonds. The van der Waals surface area contributed by atoms with Gasteiger partial charge in [0, 0.05) is 0 Å². The first-order valence-corrected chi connectivity index (χ1v) is 7.24. The average Bonchev–Trinajstić information content (AvgIpc) is 2.47. The van der Waals surface area contributed by atoms with Crippen LogP contribution in [0.3, 0.4) is 0 Å². The molecule has 0 bridgehead atoms. The highest BCUT2D eigenvalue weighted by molar-refractivity contribution is 5.84. The summed E-state index contributed by atoms with van der Waals surface area (Å²) in [6.07, 6.45) is 0.322. The first-order valence-electron chi connectivity index (χ1n) is 7.24. The normalized spacial score (nSPS) is 13.9. The van der Waals surface area contributed by atoms with Crippen molar-refractivity contribution >= 4 is 11.9 Å². The summed E-state index contributed by atoms with van der Waals surface area (Å²) in [4.78, 5) is 25.2. The summed E-state index contributed by atoms with van der Waals surface area (Å²) in [5.74, 6) is -4.09. The molecule has 1 aromatic carbocycles. The molecule has 0 aliphatic heterocycles. The summed E-state index contributed by atoms with van der Waals surface area (Å²) in [5, 5.41) is 18.9. The van der Waals surface area contributed by atoms with E-state index in [0.29, 0.717) is 18.5 Å². The lowest BCUT2D eigenvalue weighted by Crippen LogP contribution is -2.33. The Morgan fingerprint density at radius 3 is 2.05 bits per heavy atom. The van der Waals surface area contributed by atoms with Crippen LogP contribution in [0, 0.1) is 5.92 Å². The Balaban J connectivity index is 2.94. The standard InChI is InChI=1S/C16H23NO4/c1-3-17(4-2)11-10-13(15(18)19)14(16(20)21)12-8-6-5-7-9-12/h5-9,13-14H,3-4,10-11H2,1-2H3,(H,18,19)(H,20,21)/t13-,14-/m0/s1. The number of carboxylic acids is 2. The van der Waals surface area contributed by atoms with Crippen LogP contribution in [0.4, 0.5) is 0 Å². The van der Waals surface area contributed by atoms with E-state index in [2.05, 4.69) is 4.90 Å². The minimum atomic E-state index is -1.09. The molecule has 1 rings (SSSR count). The highest BCUT2D eigenvalue weighted by Gasteiger charge is 2.34. The monoisotopic (exact) mass is 293 g/mol. The van der Waals surface area contributed by atoms with Crippen LogP contribution in [0.1, 0.15) is 31.7 Å². The van der Waals surface area contributed by atoms with Crippen molar-refractivity contribution < 1.29 is 19.8 Å². The van der Waals surface area contributed by atoms with Crippen molar-refractivity contribution in [1.82, 2.24) is 4.90 Å². The number of benzene rings is 1. The van der Waals surface area contributed by atoms with E-state index < -0.39 is 23.8 Å². The van der Waals surface area contributed by atoms with Crippen molar-refractivity contribution in [1.29, 1.82) is 0 Å². The van der Waals surface area contributed by atoms with Gasteiger partial charge in [-0.3, -0.25) is 9.59 Å². The summed E-state index contributed by atoms with van der Waals surface area (Å²) >= 11 is 0. The lowest BCUT2D eigenvalue weighted by Gasteiger charge is -2.24. The first kappa shape index (κ1) is 17.2. The number of carbonyl (C=O) groups is 2. The van der Waals surface area contributed by atoms with Gasteiger partial charge < -0.3 is 15.1 Å². The molecule has 2 N–H and O–H groups in total. The van der Waals surface area contributed by atoms with Gasteiger partial charge in [-0.15, -0.1) is 0 Å². The van der Waals surface area contributed by atoms with Crippen molar-refractivity contribution in [3.05, 3.63) is 35.9 Å². The van der Waals surface area contributed by atoms with E-state index in [4.69, 9.17) is 0 Å². The molecule has 5 nitrogen and oxygen atoms in total. The van der Waals surface area contributed by atoms with Crippen molar-refractivity contribution in [2.45, 2.75) is 26.2 Å². The zero-order valence-electron chi connectivity index (χ0n) is 12.5. The molecule has 0 unspecified atom stereocenters. The van der Waals surface area contributed by atoms with Gasteiger partial charge in [-0.05, 0) is 31.6 Å². The van der Waals surface area contributed by atoms with Gasteiger partial charge >= 0.3 is 11.9 Å². The largest absolute Gasteiger partial charge is 0.481 e. The van der Waals surface area contributed by atoms with Crippen LogP contribution >= 0.6 is 0 Å². The van der Waals surface area contributed by atoms with Crippen LogP contribution in [0.2, 0.25) is 0 Å². The summed E-state index contributed by atoms with van der Waals surface area (Å²) in [6, 6.07) is 8.59. The van der Waals surface area contributed by atoms with E-state index in [1.54, 1.807) is 30.3 Å². The molecule has 5 heteroatoms. The van der Waals surface area contributed by atoms with E-state index >= 15 is 0 Å². The van der Waals surface area contributed by atoms with Crippen LogP contribution in [0.25, 0.3) is 0 Å². The smallest absolute Gasteiger partial charge is 0.311 e. The number of nitrogens with zero attached hydrogens (tertiary/aromatic N) is 1. The third-order valence-electron chi connectivity index (χ3n) is 3.80. The molecule has 21 heavy (non-hydrogen) atoms. The minimum Gasteiger partial charge on any atom is -0.481 e. The third kappa shape index (κ3) is 4.86. The van der Waals surface area contributed by atoms with Gasteiger partial charge in [0.1, 0.15) is 0 Å². The Kier molecular flexibility index (Phi) is 6.88. The molecule has 0 heterocycles. The minimum absolute atomic E-state index is 0.322. The molecule has 0 aliphatic carbocycles. The fourth-order valence-corrected chi connectivity index (χ4v) is 2.50. The lowest BCUT2D eigenvalue weighted by molar-refractivity contribution is -0.150. The maximum atomic E-state index is 11.6. The topological polar surface area (TPSA) is 77.8 Å². The first-order chi connectivity index (χ1) is 10.0. The van der Waals surface area contributed by atoms with Crippen LogP contribution in [0.5, 0.6) is 0 Å². The zero-order chi connectivity index (χ0) is 15.8. The molecule has 116 valence electrons. The summed E-state index contributed by atoms with van der Waals surface area (Å²) in [6.45, 7) is 6.24. The molecule has 1 aromatic rings. The van der Waals surface area contributed by atoms with Gasteiger partial charge in [-0.25, -0.2) is 0 Å². The van der Waals surface area contributed by atoms with Crippen molar-refractivity contribution in [2.75, 3.05) is 19.6 Å². The number of rotatable bonds is 9. The molecule has 0 fully saturated rings. The lowest BCUT2D eigenvalue weighted by atomic mass is 9.84. The van der Waals surface area contributed by atoms with E-state index in [-0.39, 0.29) is 0 Å². The Bertz CT molecular complexity index is 457. The van der Waals surface area contributed by atoms with E-state index in [0.717, 1.165) is 13.1 Å². The Labute approximate surface area is 125 Å². The number of hydrogen-bond acceptors (Lipinski definition) is 3. The van der Waals surface area contributed by atoms with Crippen molar-refractivity contribution in [3.63, 3.8) is 0 Å². The van der Waals surface area contributed by atoms with Crippen molar-refractivity contribution in [3.8, 4) is 0 Å². The van der Waals surface area contributed by atoms with E-state index in [1.807, 2.05) is 13.8 Å². The van der Waals surface area contributed by atoms with Gasteiger partial charge in [-0.2, -0.15) is 0 Å². The summed E-state index contributed by atoms with van der Waals surface area (Å²) in [5.41, 5.74) is 0.539. The van der Waals surface area contributed by atoms with Crippen LogP contribution in [0.15, 0.2) is 30.3 Å². The van der Waals surface area contributed by atoms with Gasteiger partial charge in [0.25, 0.3) is 0 Å². The molecule has 0 saturated carbocycles. The van der Waals surface area contributed by atoms with Crippen LogP contribution in [-0.4, -0.2) is 46.7 Å². The molecule has 0 radical (unpaired) electrons. The number of aliphatic carboxylic acids is 2. The second-order valence-corrected chi connectivity index (χ2v) is 4.99. The van der Waals surface area contributed by atoms with E-state index in [9.17, 15) is 19.8 Å². The molecule has 0 spiro atoms. The second kappa shape index (κ2) is 8.42. The quantitative estimate of drug-likeness (QED) is 0.730. The Hall–Kier alpha value is -1.88. The fourth-order valence-electron chi connectivity index (χ4n) is 2.50. The average molecular weight is 293 g/mol. The van der Waals surface area contributed by atoms with Gasteiger partial charge in [-0.1, -0.05) is 44.2 Å². The summed E-state index contributed by atoms with van der Waals surface area (Å²) in [7, 11) is 0. The molecular formula is C16H23NO4. The Morgan fingerprint density at radius 1 is 1.05 bits per heavy atom. The maximum absolute atomic E-state index is 11.6. The molecule has 0 aliphatic rings. The molecule has 0 aromatic heterocycles. The number of carboxylic acid groups (broad SMARTS) is 2. The van der Waals surface area contributed by atoms with Gasteiger partial charge in [0.15, 0.2) is 0 Å². The highest BCUT2D eigenvalue weighted by atomic mass is 16.4. The fraction of sp³-hybridized carbons (Fsp3) is 0.500. The molecular weight excluding hydrogens is 270 g/mol. The Morgan fingerprint density at radius 2 is 1.62 bits per heavy atom.